The van der Waals surface area contributed by atoms with Crippen molar-refractivity contribution in [3.8, 4) is 17.0 Å². The monoisotopic (exact) mass is 453 g/mol. The Bertz CT molecular complexity index is 1230. The summed E-state index contributed by atoms with van der Waals surface area (Å²) < 4.78 is 19.0. The lowest BCUT2D eigenvalue weighted by Gasteiger charge is -2.08. The lowest BCUT2D eigenvalue weighted by molar-refractivity contribution is 0.103. The van der Waals surface area contributed by atoms with E-state index < -0.39 is 0 Å². The fourth-order valence-electron chi connectivity index (χ4n) is 2.97. The van der Waals surface area contributed by atoms with Crippen molar-refractivity contribution in [1.29, 1.82) is 0 Å². The van der Waals surface area contributed by atoms with Crippen LogP contribution in [-0.4, -0.2) is 15.9 Å². The van der Waals surface area contributed by atoms with Crippen molar-refractivity contribution in [3.05, 3.63) is 80.4 Å². The van der Waals surface area contributed by atoms with Crippen LogP contribution in [0.2, 0.25) is 0 Å². The van der Waals surface area contributed by atoms with Crippen LogP contribution < -0.4 is 10.1 Å². The number of amides is 1. The van der Waals surface area contributed by atoms with Crippen LogP contribution in [0.25, 0.3) is 11.3 Å². The summed E-state index contributed by atoms with van der Waals surface area (Å²) in [5.41, 5.74) is 4.30. The highest BCUT2D eigenvalue weighted by Gasteiger charge is 2.17. The second-order valence-corrected chi connectivity index (χ2v) is 9.02. The van der Waals surface area contributed by atoms with Crippen LogP contribution in [-0.2, 0) is 6.61 Å². The van der Waals surface area contributed by atoms with E-state index in [4.69, 9.17) is 4.74 Å². The summed E-state index contributed by atoms with van der Waals surface area (Å²) in [7, 11) is 0. The van der Waals surface area contributed by atoms with Crippen molar-refractivity contribution in [2.75, 3.05) is 5.32 Å². The maximum Gasteiger partial charge on any atom is 0.269 e. The van der Waals surface area contributed by atoms with E-state index in [0.29, 0.717) is 28.0 Å². The van der Waals surface area contributed by atoms with Gasteiger partial charge in [-0.1, -0.05) is 12.1 Å². The molecule has 0 saturated heterocycles. The van der Waals surface area contributed by atoms with E-state index in [0.717, 1.165) is 27.4 Å². The Balaban J connectivity index is 1.43. The quantitative estimate of drug-likeness (QED) is 0.380. The minimum Gasteiger partial charge on any atom is -0.486 e. The van der Waals surface area contributed by atoms with Crippen LogP contribution in [0.5, 0.6) is 5.75 Å². The number of halogens is 1. The van der Waals surface area contributed by atoms with Crippen LogP contribution in [0.3, 0.4) is 0 Å². The Hall–Kier alpha value is -3.10. The van der Waals surface area contributed by atoms with Gasteiger partial charge in [-0.15, -0.1) is 22.7 Å². The molecule has 8 heteroatoms. The molecule has 0 spiro atoms. The van der Waals surface area contributed by atoms with Gasteiger partial charge in [0, 0.05) is 10.9 Å². The number of rotatable bonds is 6. The highest BCUT2D eigenvalue weighted by atomic mass is 32.1. The molecule has 0 fully saturated rings. The molecule has 1 N–H and O–H groups in total. The molecule has 0 saturated carbocycles. The van der Waals surface area contributed by atoms with Crippen molar-refractivity contribution in [1.82, 2.24) is 9.97 Å². The first-order valence-corrected chi connectivity index (χ1v) is 11.3. The van der Waals surface area contributed by atoms with E-state index in [9.17, 15) is 9.18 Å². The van der Waals surface area contributed by atoms with Gasteiger partial charge in [-0.3, -0.25) is 10.1 Å². The molecule has 2 heterocycles. The van der Waals surface area contributed by atoms with Gasteiger partial charge in [0.05, 0.1) is 11.4 Å². The fraction of sp³-hybridized carbons (Fsp3) is 0.174. The average Bonchev–Trinajstić information content (AvgIpc) is 3.35. The zero-order valence-electron chi connectivity index (χ0n) is 17.2. The summed E-state index contributed by atoms with van der Waals surface area (Å²) in [4.78, 5) is 22.2. The molecule has 0 bridgehead atoms. The molecule has 0 aliphatic heterocycles. The molecule has 0 atom stereocenters. The number of nitrogens with one attached hydrogen (secondary N) is 1. The Labute approximate surface area is 187 Å². The molecule has 31 heavy (non-hydrogen) atoms. The number of carbonyl (C=O) groups is 1. The topological polar surface area (TPSA) is 64.1 Å². The van der Waals surface area contributed by atoms with Crippen molar-refractivity contribution in [2.45, 2.75) is 27.4 Å². The van der Waals surface area contributed by atoms with Crippen LogP contribution in [0.15, 0.2) is 47.8 Å². The van der Waals surface area contributed by atoms with Gasteiger partial charge in [-0.05, 0) is 62.2 Å². The fourth-order valence-corrected chi connectivity index (χ4v) is 4.55. The van der Waals surface area contributed by atoms with Gasteiger partial charge in [-0.2, -0.15) is 0 Å². The second-order valence-electron chi connectivity index (χ2n) is 7.08. The molecule has 0 radical (unpaired) electrons. The van der Waals surface area contributed by atoms with E-state index >= 15 is 0 Å². The van der Waals surface area contributed by atoms with Crippen molar-refractivity contribution in [3.63, 3.8) is 0 Å². The molecule has 4 aromatic rings. The van der Waals surface area contributed by atoms with E-state index in [2.05, 4.69) is 15.3 Å². The van der Waals surface area contributed by atoms with Crippen molar-refractivity contribution < 1.29 is 13.9 Å². The predicted octanol–water partition coefficient (Wildman–Crippen LogP) is 6.16. The molecule has 158 valence electrons. The minimum absolute atomic E-state index is 0.256. The number of carbonyl (C=O) groups excluding carboxylic acids is 1. The summed E-state index contributed by atoms with van der Waals surface area (Å²) >= 11 is 2.63. The van der Waals surface area contributed by atoms with Crippen molar-refractivity contribution >= 4 is 33.7 Å². The van der Waals surface area contributed by atoms with E-state index in [-0.39, 0.29) is 11.7 Å². The number of aromatic nitrogens is 2. The average molecular weight is 454 g/mol. The maximum atomic E-state index is 13.1. The zero-order valence-corrected chi connectivity index (χ0v) is 18.9. The van der Waals surface area contributed by atoms with Gasteiger partial charge in [-0.25, -0.2) is 14.4 Å². The number of hydrogen-bond acceptors (Lipinski definition) is 6. The summed E-state index contributed by atoms with van der Waals surface area (Å²) in [6.45, 7) is 6.12. The number of hydrogen-bond donors (Lipinski definition) is 1. The van der Waals surface area contributed by atoms with Gasteiger partial charge in [0.2, 0.25) is 0 Å². The molecule has 0 aliphatic rings. The van der Waals surface area contributed by atoms with Gasteiger partial charge >= 0.3 is 0 Å². The molecule has 0 aliphatic carbocycles. The molecule has 0 unspecified atom stereocenters. The molecule has 4 rings (SSSR count). The number of anilines is 1. The van der Waals surface area contributed by atoms with E-state index in [1.54, 1.807) is 19.1 Å². The lowest BCUT2D eigenvalue weighted by Crippen LogP contribution is -2.11. The lowest BCUT2D eigenvalue weighted by atomic mass is 10.1. The molecule has 5 nitrogen and oxygen atoms in total. The molecular weight excluding hydrogens is 433 g/mol. The summed E-state index contributed by atoms with van der Waals surface area (Å²) in [5, 5.41) is 5.86. The predicted molar refractivity (Wildman–Crippen MR) is 123 cm³/mol. The summed E-state index contributed by atoms with van der Waals surface area (Å²) in [6.07, 6.45) is 0. The molecule has 1 amide bonds. The summed E-state index contributed by atoms with van der Waals surface area (Å²) in [5.74, 6) is 0.258. The first-order chi connectivity index (χ1) is 14.9. The Morgan fingerprint density at radius 2 is 1.87 bits per heavy atom. The normalized spacial score (nSPS) is 10.8. The third kappa shape index (κ3) is 4.98. The van der Waals surface area contributed by atoms with E-state index in [1.165, 1.54) is 34.8 Å². The highest BCUT2D eigenvalue weighted by Crippen LogP contribution is 2.27. The Kier molecular flexibility index (Phi) is 6.11. The molecule has 2 aromatic heterocycles. The van der Waals surface area contributed by atoms with Crippen LogP contribution in [0.1, 0.15) is 31.5 Å². The second kappa shape index (κ2) is 8.95. The number of aryl methyl sites for hydroxylation is 3. The minimum atomic E-state index is -0.300. The summed E-state index contributed by atoms with van der Waals surface area (Å²) in [6, 6.07) is 12.1. The van der Waals surface area contributed by atoms with Crippen molar-refractivity contribution in [2.24, 2.45) is 0 Å². The molecule has 2 aromatic carbocycles. The number of benzene rings is 2. The highest BCUT2D eigenvalue weighted by molar-refractivity contribution is 7.15. The maximum absolute atomic E-state index is 13.1. The van der Waals surface area contributed by atoms with Gasteiger partial charge < -0.3 is 4.74 Å². The first kappa shape index (κ1) is 21.1. The third-order valence-corrected chi connectivity index (χ3v) is 6.49. The third-order valence-electron chi connectivity index (χ3n) is 4.61. The SMILES string of the molecule is Cc1ccc(C)c(OCc2nc(C)c(C(=O)Nc3nc(-c4ccc(F)cc4)cs3)s2)c1. The van der Waals surface area contributed by atoms with E-state index in [1.807, 2.05) is 37.4 Å². The van der Waals surface area contributed by atoms with Gasteiger partial charge in [0.15, 0.2) is 5.13 Å². The van der Waals surface area contributed by atoms with Crippen LogP contribution >= 0.6 is 22.7 Å². The number of ether oxygens (including phenoxy) is 1. The standard InChI is InChI=1S/C23H20FN3O2S2/c1-13-4-5-14(2)19(10-13)29-11-20-25-15(3)21(31-20)22(28)27-23-26-18(12-30-23)16-6-8-17(24)9-7-16/h4-10,12H,11H2,1-3H3,(H,26,27,28). The smallest absolute Gasteiger partial charge is 0.269 e. The first-order valence-electron chi connectivity index (χ1n) is 9.58. The van der Waals surface area contributed by atoms with Crippen LogP contribution in [0.4, 0.5) is 9.52 Å². The van der Waals surface area contributed by atoms with Gasteiger partial charge in [0.1, 0.15) is 28.1 Å². The Morgan fingerprint density at radius 3 is 2.65 bits per heavy atom. The zero-order chi connectivity index (χ0) is 22.0. The number of thiazole rings is 2. The van der Waals surface area contributed by atoms with Crippen LogP contribution in [0, 0.1) is 26.6 Å². The Morgan fingerprint density at radius 1 is 1.10 bits per heavy atom. The largest absolute Gasteiger partial charge is 0.486 e. The molecular formula is C23H20FN3O2S2. The number of nitrogens with zero attached hydrogens (tertiary/aromatic N) is 2. The van der Waals surface area contributed by atoms with Gasteiger partial charge in [0.25, 0.3) is 5.91 Å².